The third kappa shape index (κ3) is 7.94. The van der Waals surface area contributed by atoms with E-state index in [0.717, 1.165) is 17.2 Å². The van der Waals surface area contributed by atoms with E-state index < -0.39 is 48.2 Å². The molecule has 4 N–H and O–H groups in total. The van der Waals surface area contributed by atoms with Gasteiger partial charge < -0.3 is 30.4 Å². The zero-order valence-electron chi connectivity index (χ0n) is 26.6. The van der Waals surface area contributed by atoms with Gasteiger partial charge in [-0.15, -0.1) is 0 Å². The number of hydrogen-bond acceptors (Lipinski definition) is 8. The molecule has 0 saturated carbocycles. The predicted molar refractivity (Wildman–Crippen MR) is 175 cm³/mol. The maximum Gasteiger partial charge on any atom is 0.340 e. The second-order valence-corrected chi connectivity index (χ2v) is 12.1. The zero-order valence-corrected chi connectivity index (χ0v) is 26.6. The van der Waals surface area contributed by atoms with Crippen molar-refractivity contribution < 1.29 is 33.4 Å². The molecule has 1 saturated heterocycles. The van der Waals surface area contributed by atoms with E-state index in [1.807, 2.05) is 32.0 Å². The van der Waals surface area contributed by atoms with Crippen molar-refractivity contribution in [3.63, 3.8) is 0 Å². The molecule has 0 radical (unpaired) electrons. The van der Waals surface area contributed by atoms with E-state index in [0.29, 0.717) is 29.6 Å². The van der Waals surface area contributed by atoms with Gasteiger partial charge in [0, 0.05) is 41.1 Å². The van der Waals surface area contributed by atoms with Gasteiger partial charge in [-0.2, -0.15) is 0 Å². The molecule has 0 aliphatic carbocycles. The van der Waals surface area contributed by atoms with Gasteiger partial charge in [0.1, 0.15) is 17.5 Å². The van der Waals surface area contributed by atoms with E-state index in [4.69, 9.17) is 9.47 Å². The summed E-state index contributed by atoms with van der Waals surface area (Å²) in [5.74, 6) is -2.50. The van der Waals surface area contributed by atoms with E-state index in [1.54, 1.807) is 43.6 Å². The van der Waals surface area contributed by atoms with E-state index in [1.165, 1.54) is 6.20 Å². The number of ether oxygens (including phenoxy) is 2. The number of benzene rings is 2. The van der Waals surface area contributed by atoms with Gasteiger partial charge in [-0.05, 0) is 55.2 Å². The second kappa shape index (κ2) is 14.9. The van der Waals surface area contributed by atoms with Crippen LogP contribution in [0.4, 0.5) is 0 Å². The number of aromatic amines is 1. The van der Waals surface area contributed by atoms with Crippen molar-refractivity contribution in [3.05, 3.63) is 72.2 Å². The Hall–Kier alpha value is -5.26. The van der Waals surface area contributed by atoms with Crippen molar-refractivity contribution in [2.75, 3.05) is 20.3 Å². The summed E-state index contributed by atoms with van der Waals surface area (Å²) in [6.07, 6.45) is 4.59. The highest BCUT2D eigenvalue weighted by Gasteiger charge is 2.33. The first-order chi connectivity index (χ1) is 22.6. The Bertz CT molecular complexity index is 1790. The van der Waals surface area contributed by atoms with E-state index >= 15 is 0 Å². The Balaban J connectivity index is 1.32. The Morgan fingerprint density at radius 3 is 2.57 bits per heavy atom. The SMILES string of the molecule is COc1cccc2[nH]c(C(=O)N[C@@H](CC(C)C)C(=O)N[C@@H](CC3CCCNC3=O)C(=O)COC(=O)c3cncc4ccccc34)cc12. The third-order valence-electron chi connectivity index (χ3n) is 8.28. The lowest BCUT2D eigenvalue weighted by atomic mass is 9.90. The molecule has 1 fully saturated rings. The molecule has 47 heavy (non-hydrogen) atoms. The van der Waals surface area contributed by atoms with Crippen LogP contribution in [0.15, 0.2) is 60.9 Å². The van der Waals surface area contributed by atoms with Crippen LogP contribution in [0.3, 0.4) is 0 Å². The number of pyridine rings is 1. The first-order valence-corrected chi connectivity index (χ1v) is 15.7. The number of carbonyl (C=O) groups is 5. The van der Waals surface area contributed by atoms with Crippen molar-refractivity contribution in [1.82, 2.24) is 25.9 Å². The number of aromatic nitrogens is 2. The first kappa shape index (κ1) is 33.1. The largest absolute Gasteiger partial charge is 0.496 e. The number of nitrogens with one attached hydrogen (secondary N) is 4. The van der Waals surface area contributed by atoms with Gasteiger partial charge in [-0.1, -0.05) is 44.2 Å². The van der Waals surface area contributed by atoms with Crippen LogP contribution in [0.2, 0.25) is 0 Å². The Morgan fingerprint density at radius 1 is 1.00 bits per heavy atom. The number of Topliss-reactive ketones (excluding diaryl/α,β-unsaturated/α-hetero) is 1. The molecule has 12 heteroatoms. The van der Waals surface area contributed by atoms with Crippen molar-refractivity contribution in [2.24, 2.45) is 11.8 Å². The molecule has 3 amide bonds. The van der Waals surface area contributed by atoms with Crippen molar-refractivity contribution >= 4 is 51.1 Å². The quantitative estimate of drug-likeness (QED) is 0.160. The number of esters is 1. The predicted octanol–water partition coefficient (Wildman–Crippen LogP) is 3.70. The van der Waals surface area contributed by atoms with Crippen LogP contribution in [-0.2, 0) is 19.1 Å². The average Bonchev–Trinajstić information content (AvgIpc) is 3.52. The summed E-state index contributed by atoms with van der Waals surface area (Å²) in [5, 5.41) is 10.5. The van der Waals surface area contributed by atoms with Crippen molar-refractivity contribution in [1.29, 1.82) is 0 Å². The topological polar surface area (TPSA) is 169 Å². The van der Waals surface area contributed by atoms with E-state index in [9.17, 15) is 24.0 Å². The standard InChI is InChI=1S/C35H39N5O7/c1-20(2)14-28(40-34(44)29-16-24-26(38-29)11-6-12-31(24)46-3)33(43)39-27(15-21-9-7-13-37-32(21)42)30(41)19-47-35(45)25-18-36-17-22-8-4-5-10-23(22)25/h4-6,8,10-12,16-18,20-21,27-28,38H,7,9,13-15,19H2,1-3H3,(H,37,42)(H,39,43)(H,40,44)/t21?,27-,28-/m0/s1. The maximum atomic E-state index is 13.7. The number of H-pyrrole nitrogens is 1. The highest BCUT2D eigenvalue weighted by atomic mass is 16.5. The number of nitrogens with zero attached hydrogens (tertiary/aromatic N) is 1. The number of methoxy groups -OCH3 is 1. The van der Waals surface area contributed by atoms with Gasteiger partial charge in [0.25, 0.3) is 5.91 Å². The summed E-state index contributed by atoms with van der Waals surface area (Å²) in [7, 11) is 1.54. The van der Waals surface area contributed by atoms with Crippen LogP contribution in [0, 0.1) is 11.8 Å². The number of piperidine rings is 1. The van der Waals surface area contributed by atoms with Gasteiger partial charge in [-0.3, -0.25) is 24.2 Å². The zero-order chi connectivity index (χ0) is 33.5. The molecule has 3 atom stereocenters. The molecular weight excluding hydrogens is 602 g/mol. The molecule has 3 heterocycles. The normalized spacial score (nSPS) is 15.9. The van der Waals surface area contributed by atoms with Crippen molar-refractivity contribution in [3.8, 4) is 5.75 Å². The van der Waals surface area contributed by atoms with Crippen LogP contribution in [-0.4, -0.2) is 71.8 Å². The minimum absolute atomic E-state index is 0.0161. The fraction of sp³-hybridized carbons (Fsp3) is 0.371. The van der Waals surface area contributed by atoms with Crippen LogP contribution >= 0.6 is 0 Å². The van der Waals surface area contributed by atoms with Gasteiger partial charge >= 0.3 is 5.97 Å². The molecule has 4 aromatic rings. The lowest BCUT2D eigenvalue weighted by molar-refractivity contribution is -0.133. The fourth-order valence-corrected chi connectivity index (χ4v) is 5.85. The Morgan fingerprint density at radius 2 is 1.81 bits per heavy atom. The maximum absolute atomic E-state index is 13.7. The number of hydrogen-bond donors (Lipinski definition) is 4. The molecule has 1 unspecified atom stereocenters. The summed E-state index contributed by atoms with van der Waals surface area (Å²) < 4.78 is 10.8. The molecule has 0 spiro atoms. The minimum atomic E-state index is -1.14. The molecular formula is C35H39N5O7. The monoisotopic (exact) mass is 641 g/mol. The first-order valence-electron chi connectivity index (χ1n) is 15.7. The lowest BCUT2D eigenvalue weighted by Gasteiger charge is -2.28. The van der Waals surface area contributed by atoms with Gasteiger partial charge in [0.2, 0.25) is 11.8 Å². The van der Waals surface area contributed by atoms with Crippen LogP contribution in [0.1, 0.15) is 60.4 Å². The number of carbonyl (C=O) groups excluding carboxylic acids is 5. The van der Waals surface area contributed by atoms with Gasteiger partial charge in [0.05, 0.1) is 18.7 Å². The van der Waals surface area contributed by atoms with Crippen LogP contribution < -0.4 is 20.7 Å². The van der Waals surface area contributed by atoms with Crippen LogP contribution in [0.25, 0.3) is 21.7 Å². The molecule has 12 nitrogen and oxygen atoms in total. The Labute approximate surface area is 272 Å². The summed E-state index contributed by atoms with van der Waals surface area (Å²) >= 11 is 0. The molecule has 2 aromatic heterocycles. The molecule has 246 valence electrons. The minimum Gasteiger partial charge on any atom is -0.496 e. The average molecular weight is 642 g/mol. The summed E-state index contributed by atoms with van der Waals surface area (Å²) in [6, 6.07) is 12.1. The highest BCUT2D eigenvalue weighted by Crippen LogP contribution is 2.26. The van der Waals surface area contributed by atoms with E-state index in [2.05, 4.69) is 25.9 Å². The highest BCUT2D eigenvalue weighted by molar-refractivity contribution is 6.05. The van der Waals surface area contributed by atoms with Crippen LogP contribution in [0.5, 0.6) is 5.75 Å². The molecule has 5 rings (SSSR count). The fourth-order valence-electron chi connectivity index (χ4n) is 5.85. The molecule has 1 aliphatic heterocycles. The number of rotatable bonds is 13. The smallest absolute Gasteiger partial charge is 0.340 e. The summed E-state index contributed by atoms with van der Waals surface area (Å²) in [4.78, 5) is 73.4. The lowest BCUT2D eigenvalue weighted by Crippen LogP contribution is -2.54. The van der Waals surface area contributed by atoms with E-state index in [-0.39, 0.29) is 35.9 Å². The molecule has 0 bridgehead atoms. The molecule has 2 aromatic carbocycles. The third-order valence-corrected chi connectivity index (χ3v) is 8.28. The number of amides is 3. The number of ketones is 1. The Kier molecular flexibility index (Phi) is 10.5. The summed E-state index contributed by atoms with van der Waals surface area (Å²) in [6.45, 7) is 3.74. The van der Waals surface area contributed by atoms with Crippen molar-refractivity contribution in [2.45, 2.75) is 51.6 Å². The van der Waals surface area contributed by atoms with Gasteiger partial charge in [0.15, 0.2) is 12.4 Å². The van der Waals surface area contributed by atoms with Gasteiger partial charge in [-0.25, -0.2) is 4.79 Å². The molecule has 1 aliphatic rings. The second-order valence-electron chi connectivity index (χ2n) is 12.1. The number of fused-ring (bicyclic) bond motifs is 2. The summed E-state index contributed by atoms with van der Waals surface area (Å²) in [5.41, 5.74) is 1.15.